The number of aromatic nitrogens is 2. The minimum atomic E-state index is 0.617. The van der Waals surface area contributed by atoms with Crippen LogP contribution < -0.4 is 0 Å². The molecule has 88 valence electrons. The van der Waals surface area contributed by atoms with Crippen molar-refractivity contribution in [3.8, 4) is 0 Å². The van der Waals surface area contributed by atoms with E-state index in [-0.39, 0.29) is 0 Å². The number of nitrogens with zero attached hydrogens (tertiary/aromatic N) is 3. The van der Waals surface area contributed by atoms with Crippen molar-refractivity contribution < 1.29 is 0 Å². The second kappa shape index (κ2) is 5.60. The summed E-state index contributed by atoms with van der Waals surface area (Å²) in [6, 6.07) is 2.54. The van der Waals surface area contributed by atoms with Crippen molar-refractivity contribution in [1.29, 1.82) is 0 Å². The van der Waals surface area contributed by atoms with Gasteiger partial charge in [-0.15, -0.1) is 0 Å². The molecule has 1 atom stereocenters. The first kappa shape index (κ1) is 11.8. The molecule has 4 heteroatoms. The van der Waals surface area contributed by atoms with Crippen molar-refractivity contribution in [2.75, 3.05) is 13.1 Å². The molecule has 1 aliphatic heterocycles. The van der Waals surface area contributed by atoms with Gasteiger partial charge in [0.1, 0.15) is 0 Å². The molecule has 1 aromatic rings. The molecule has 0 aliphatic carbocycles. The zero-order valence-electron chi connectivity index (χ0n) is 9.69. The molecule has 2 heterocycles. The summed E-state index contributed by atoms with van der Waals surface area (Å²) in [6.07, 6.45) is 6.48. The maximum absolute atomic E-state index is 5.92. The van der Waals surface area contributed by atoms with Crippen LogP contribution in [-0.4, -0.2) is 34.2 Å². The highest BCUT2D eigenvalue weighted by Crippen LogP contribution is 2.20. The summed E-state index contributed by atoms with van der Waals surface area (Å²) in [4.78, 5) is 2.53. The molecule has 1 aromatic heterocycles. The lowest BCUT2D eigenvalue weighted by molar-refractivity contribution is 0.154. The lowest BCUT2D eigenvalue weighted by Gasteiger charge is -2.34. The van der Waals surface area contributed by atoms with Gasteiger partial charge in [0.25, 0.3) is 0 Å². The molecule has 0 amide bonds. The van der Waals surface area contributed by atoms with Crippen LogP contribution in [0, 0.1) is 0 Å². The highest BCUT2D eigenvalue weighted by Gasteiger charge is 2.21. The molecule has 0 bridgehead atoms. The fourth-order valence-electron chi connectivity index (χ4n) is 2.43. The van der Waals surface area contributed by atoms with E-state index in [4.69, 9.17) is 11.6 Å². The second-order valence-electron chi connectivity index (χ2n) is 4.35. The summed E-state index contributed by atoms with van der Waals surface area (Å²) in [6.45, 7) is 4.57. The topological polar surface area (TPSA) is 29.0 Å². The number of halogens is 1. The summed E-state index contributed by atoms with van der Waals surface area (Å²) < 4.78 is 0. The number of likely N-dealkylation sites (N-methyl/N-ethyl adjacent to an activating group) is 1. The van der Waals surface area contributed by atoms with E-state index in [0.717, 1.165) is 18.7 Å². The average Bonchev–Trinajstić information content (AvgIpc) is 2.30. The molecule has 0 radical (unpaired) electrons. The summed E-state index contributed by atoms with van der Waals surface area (Å²) in [5.41, 5.74) is 1.01. The Balaban J connectivity index is 2.02. The van der Waals surface area contributed by atoms with Gasteiger partial charge >= 0.3 is 0 Å². The van der Waals surface area contributed by atoms with Crippen molar-refractivity contribution >= 4 is 11.6 Å². The quantitative estimate of drug-likeness (QED) is 0.812. The molecule has 1 fully saturated rings. The van der Waals surface area contributed by atoms with Crippen molar-refractivity contribution in [2.45, 2.75) is 38.6 Å². The van der Waals surface area contributed by atoms with E-state index < -0.39 is 0 Å². The first-order chi connectivity index (χ1) is 7.79. The highest BCUT2D eigenvalue weighted by molar-refractivity contribution is 6.30. The number of likely N-dealkylation sites (tertiary alicyclic amines) is 1. The van der Waals surface area contributed by atoms with Gasteiger partial charge in [0.2, 0.25) is 0 Å². The zero-order chi connectivity index (χ0) is 11.4. The highest BCUT2D eigenvalue weighted by atomic mass is 35.5. The van der Waals surface area contributed by atoms with E-state index in [1.165, 1.54) is 25.8 Å². The number of hydrogen-bond acceptors (Lipinski definition) is 3. The van der Waals surface area contributed by atoms with Gasteiger partial charge in [-0.1, -0.05) is 24.9 Å². The molecular formula is C12H18ClN3. The van der Waals surface area contributed by atoms with Crippen molar-refractivity contribution in [3.63, 3.8) is 0 Å². The minimum absolute atomic E-state index is 0.617. The second-order valence-corrected chi connectivity index (χ2v) is 4.78. The molecule has 0 aromatic carbocycles. The third-order valence-corrected chi connectivity index (χ3v) is 3.48. The van der Waals surface area contributed by atoms with Crippen LogP contribution >= 0.6 is 11.6 Å². The summed E-state index contributed by atoms with van der Waals surface area (Å²) >= 11 is 5.92. The average molecular weight is 240 g/mol. The standard InChI is InChI=1S/C12H18ClN3/c1-2-16-6-4-3-5-12(16)8-11-7-10(13)9-14-15-11/h7,9,12H,2-6,8H2,1H3. The van der Waals surface area contributed by atoms with Crippen LogP contribution in [0.1, 0.15) is 31.9 Å². The fraction of sp³-hybridized carbons (Fsp3) is 0.667. The summed E-state index contributed by atoms with van der Waals surface area (Å²) in [5.74, 6) is 0. The lowest BCUT2D eigenvalue weighted by atomic mass is 9.98. The molecule has 0 N–H and O–H groups in total. The van der Waals surface area contributed by atoms with Crippen LogP contribution in [0.5, 0.6) is 0 Å². The predicted octanol–water partition coefficient (Wildman–Crippen LogP) is 2.55. The maximum Gasteiger partial charge on any atom is 0.0682 e. The Morgan fingerprint density at radius 1 is 1.50 bits per heavy atom. The Hall–Kier alpha value is -0.670. The monoisotopic (exact) mass is 239 g/mol. The van der Waals surface area contributed by atoms with Gasteiger partial charge in [-0.05, 0) is 32.0 Å². The SMILES string of the molecule is CCN1CCCCC1Cc1cc(Cl)cnn1. The molecule has 0 spiro atoms. The van der Waals surface area contributed by atoms with Gasteiger partial charge in [-0.25, -0.2) is 0 Å². The lowest BCUT2D eigenvalue weighted by Crippen LogP contribution is -2.40. The Morgan fingerprint density at radius 2 is 2.38 bits per heavy atom. The number of hydrogen-bond donors (Lipinski definition) is 0. The van der Waals surface area contributed by atoms with Gasteiger partial charge in [-0.2, -0.15) is 10.2 Å². The van der Waals surface area contributed by atoms with Gasteiger partial charge < -0.3 is 4.90 Å². The number of piperidine rings is 1. The normalized spacial score (nSPS) is 22.2. The van der Waals surface area contributed by atoms with E-state index in [0.29, 0.717) is 11.1 Å². The number of rotatable bonds is 3. The van der Waals surface area contributed by atoms with Gasteiger partial charge in [0.05, 0.1) is 16.9 Å². The zero-order valence-corrected chi connectivity index (χ0v) is 10.5. The van der Waals surface area contributed by atoms with Crippen molar-refractivity contribution in [2.24, 2.45) is 0 Å². The third kappa shape index (κ3) is 2.92. The molecule has 16 heavy (non-hydrogen) atoms. The van der Waals surface area contributed by atoms with Gasteiger partial charge in [0.15, 0.2) is 0 Å². The molecule has 2 rings (SSSR count). The van der Waals surface area contributed by atoms with E-state index >= 15 is 0 Å². The fourth-order valence-corrected chi connectivity index (χ4v) is 2.60. The maximum atomic E-state index is 5.92. The Labute approximate surface area is 102 Å². The van der Waals surface area contributed by atoms with Crippen LogP contribution in [0.25, 0.3) is 0 Å². The van der Waals surface area contributed by atoms with Crippen LogP contribution in [0.15, 0.2) is 12.3 Å². The summed E-state index contributed by atoms with van der Waals surface area (Å²) in [7, 11) is 0. The van der Waals surface area contributed by atoms with Crippen molar-refractivity contribution in [1.82, 2.24) is 15.1 Å². The Kier molecular flexibility index (Phi) is 4.13. The van der Waals surface area contributed by atoms with Gasteiger partial charge in [-0.3, -0.25) is 0 Å². The minimum Gasteiger partial charge on any atom is -0.300 e. The smallest absolute Gasteiger partial charge is 0.0682 e. The van der Waals surface area contributed by atoms with Crippen LogP contribution in [0.2, 0.25) is 5.02 Å². The van der Waals surface area contributed by atoms with E-state index in [2.05, 4.69) is 22.0 Å². The first-order valence-electron chi connectivity index (χ1n) is 6.00. The third-order valence-electron chi connectivity index (χ3n) is 3.27. The Morgan fingerprint density at radius 3 is 3.12 bits per heavy atom. The Bertz CT molecular complexity index is 343. The molecule has 0 saturated carbocycles. The van der Waals surface area contributed by atoms with Crippen LogP contribution in [0.3, 0.4) is 0 Å². The van der Waals surface area contributed by atoms with Crippen LogP contribution in [-0.2, 0) is 6.42 Å². The van der Waals surface area contributed by atoms with Crippen LogP contribution in [0.4, 0.5) is 0 Å². The van der Waals surface area contributed by atoms with Crippen molar-refractivity contribution in [3.05, 3.63) is 23.0 Å². The molecule has 3 nitrogen and oxygen atoms in total. The molecule has 1 unspecified atom stereocenters. The summed E-state index contributed by atoms with van der Waals surface area (Å²) in [5, 5.41) is 8.73. The first-order valence-corrected chi connectivity index (χ1v) is 6.38. The molecule has 1 aliphatic rings. The van der Waals surface area contributed by atoms with E-state index in [1.54, 1.807) is 6.20 Å². The van der Waals surface area contributed by atoms with Gasteiger partial charge in [0, 0.05) is 12.5 Å². The van der Waals surface area contributed by atoms with E-state index in [1.807, 2.05) is 6.07 Å². The predicted molar refractivity (Wildman–Crippen MR) is 65.6 cm³/mol. The largest absolute Gasteiger partial charge is 0.300 e. The molecular weight excluding hydrogens is 222 g/mol. The van der Waals surface area contributed by atoms with E-state index in [9.17, 15) is 0 Å². The molecule has 1 saturated heterocycles.